The number of phenolic OH excluding ortho intramolecular Hbond substituents is 1. The second-order valence-corrected chi connectivity index (χ2v) is 5.88. The highest BCUT2D eigenvalue weighted by atomic mass is 32.1. The molecule has 21 heavy (non-hydrogen) atoms. The number of thiophene rings is 1. The van der Waals surface area contributed by atoms with Crippen LogP contribution >= 0.6 is 11.3 Å². The summed E-state index contributed by atoms with van der Waals surface area (Å²) in [6, 6.07) is 8.89. The lowest BCUT2D eigenvalue weighted by molar-refractivity contribution is -0.138. The zero-order valence-electron chi connectivity index (χ0n) is 11.6. The van der Waals surface area contributed by atoms with Crippen LogP contribution in [0.25, 0.3) is 0 Å². The molecule has 5 heteroatoms. The third kappa shape index (κ3) is 3.43. The van der Waals surface area contributed by atoms with E-state index in [-0.39, 0.29) is 17.8 Å². The largest absolute Gasteiger partial charge is 0.508 e. The number of phenols is 1. The van der Waals surface area contributed by atoms with Crippen molar-refractivity contribution in [2.45, 2.75) is 12.5 Å². The lowest BCUT2D eigenvalue weighted by atomic mass is 10.1. The summed E-state index contributed by atoms with van der Waals surface area (Å²) in [6.07, 6.45) is 0.281. The normalized spacial score (nSPS) is 18.7. The molecule has 1 aliphatic rings. The van der Waals surface area contributed by atoms with Crippen molar-refractivity contribution in [1.29, 1.82) is 0 Å². The van der Waals surface area contributed by atoms with E-state index in [4.69, 9.17) is 4.74 Å². The zero-order chi connectivity index (χ0) is 14.7. The molecular weight excluding hydrogens is 286 g/mol. The highest BCUT2D eigenvalue weighted by molar-refractivity contribution is 7.07. The van der Waals surface area contributed by atoms with Crippen molar-refractivity contribution in [2.75, 3.05) is 19.7 Å². The van der Waals surface area contributed by atoms with Crippen molar-refractivity contribution in [3.05, 3.63) is 52.2 Å². The fourth-order valence-electron chi connectivity index (χ4n) is 2.49. The first kappa shape index (κ1) is 14.1. The average Bonchev–Trinajstić information content (AvgIpc) is 3.02. The third-order valence-corrected chi connectivity index (χ3v) is 4.30. The van der Waals surface area contributed by atoms with Gasteiger partial charge in [0.2, 0.25) is 5.91 Å². The number of rotatable bonds is 3. The standard InChI is InChI=1S/C16H17NO3S/c18-14-3-1-2-12(8-14)9-16(19)17-5-6-20-15(10-17)13-4-7-21-11-13/h1-4,7-8,11,15,18H,5-6,9-10H2/t15-/m0/s1. The van der Waals surface area contributed by atoms with Crippen molar-refractivity contribution in [3.63, 3.8) is 0 Å². The van der Waals surface area contributed by atoms with Crippen LogP contribution < -0.4 is 0 Å². The Morgan fingerprint density at radius 3 is 3.10 bits per heavy atom. The van der Waals surface area contributed by atoms with Gasteiger partial charge >= 0.3 is 0 Å². The summed E-state index contributed by atoms with van der Waals surface area (Å²) in [5.74, 6) is 0.266. The minimum atomic E-state index is -0.0295. The van der Waals surface area contributed by atoms with Crippen LogP contribution in [-0.4, -0.2) is 35.6 Å². The average molecular weight is 303 g/mol. The third-order valence-electron chi connectivity index (χ3n) is 3.60. The predicted octanol–water partition coefficient (Wildman–Crippen LogP) is 2.60. The molecule has 1 atom stereocenters. The molecule has 1 amide bonds. The lowest BCUT2D eigenvalue weighted by Gasteiger charge is -2.33. The summed E-state index contributed by atoms with van der Waals surface area (Å²) < 4.78 is 5.74. The van der Waals surface area contributed by atoms with Crippen LogP contribution in [0.1, 0.15) is 17.2 Å². The van der Waals surface area contributed by atoms with Crippen LogP contribution in [0.2, 0.25) is 0 Å². The van der Waals surface area contributed by atoms with Crippen LogP contribution in [0.5, 0.6) is 5.75 Å². The number of carbonyl (C=O) groups is 1. The van der Waals surface area contributed by atoms with E-state index in [0.29, 0.717) is 26.1 Å². The Labute approximate surface area is 127 Å². The molecule has 0 spiro atoms. The Bertz CT molecular complexity index is 612. The van der Waals surface area contributed by atoms with Gasteiger partial charge in [0, 0.05) is 6.54 Å². The smallest absolute Gasteiger partial charge is 0.227 e. The van der Waals surface area contributed by atoms with Crippen molar-refractivity contribution >= 4 is 17.2 Å². The van der Waals surface area contributed by atoms with E-state index < -0.39 is 0 Å². The first-order valence-electron chi connectivity index (χ1n) is 6.92. The molecule has 0 aliphatic carbocycles. The SMILES string of the molecule is O=C(Cc1cccc(O)c1)N1CCO[C@H](c2ccsc2)C1. The maximum atomic E-state index is 12.4. The number of morpholine rings is 1. The van der Waals surface area contributed by atoms with Gasteiger partial charge in [0.25, 0.3) is 0 Å². The highest BCUT2D eigenvalue weighted by Gasteiger charge is 2.25. The summed E-state index contributed by atoms with van der Waals surface area (Å²) in [7, 11) is 0. The van der Waals surface area contributed by atoms with E-state index >= 15 is 0 Å². The number of hydrogen-bond acceptors (Lipinski definition) is 4. The Hall–Kier alpha value is -1.85. The summed E-state index contributed by atoms with van der Waals surface area (Å²) >= 11 is 1.64. The minimum absolute atomic E-state index is 0.0295. The van der Waals surface area contributed by atoms with Gasteiger partial charge in [0.05, 0.1) is 19.6 Å². The maximum absolute atomic E-state index is 12.4. The van der Waals surface area contributed by atoms with E-state index in [9.17, 15) is 9.90 Å². The number of nitrogens with zero attached hydrogens (tertiary/aromatic N) is 1. The van der Waals surface area contributed by atoms with Gasteiger partial charge in [-0.05, 0) is 40.1 Å². The summed E-state index contributed by atoms with van der Waals surface area (Å²) in [6.45, 7) is 1.78. The van der Waals surface area contributed by atoms with Crippen LogP contribution in [0.3, 0.4) is 0 Å². The zero-order valence-corrected chi connectivity index (χ0v) is 12.4. The molecule has 1 aromatic carbocycles. The van der Waals surface area contributed by atoms with Crippen LogP contribution in [0, 0.1) is 0 Å². The number of benzene rings is 1. The first-order valence-corrected chi connectivity index (χ1v) is 7.86. The summed E-state index contributed by atoms with van der Waals surface area (Å²) in [4.78, 5) is 14.2. The van der Waals surface area contributed by atoms with Gasteiger partial charge in [-0.25, -0.2) is 0 Å². The second-order valence-electron chi connectivity index (χ2n) is 5.10. The van der Waals surface area contributed by atoms with E-state index in [1.807, 2.05) is 22.4 Å². The summed E-state index contributed by atoms with van der Waals surface area (Å²) in [5.41, 5.74) is 1.97. The molecule has 2 aromatic rings. The molecule has 1 N–H and O–H groups in total. The molecule has 1 aromatic heterocycles. The molecule has 2 heterocycles. The van der Waals surface area contributed by atoms with Gasteiger partial charge in [-0.1, -0.05) is 12.1 Å². The molecule has 1 fully saturated rings. The molecule has 4 nitrogen and oxygen atoms in total. The van der Waals surface area contributed by atoms with Crippen molar-refractivity contribution in [3.8, 4) is 5.75 Å². The van der Waals surface area contributed by atoms with Crippen molar-refractivity contribution < 1.29 is 14.6 Å². The minimum Gasteiger partial charge on any atom is -0.508 e. The van der Waals surface area contributed by atoms with E-state index in [1.165, 1.54) is 0 Å². The molecule has 110 valence electrons. The molecule has 0 bridgehead atoms. The van der Waals surface area contributed by atoms with Gasteiger partial charge in [0.15, 0.2) is 0 Å². The molecule has 0 radical (unpaired) electrons. The van der Waals surface area contributed by atoms with Gasteiger partial charge in [-0.3, -0.25) is 4.79 Å². The Kier molecular flexibility index (Phi) is 4.22. The van der Waals surface area contributed by atoms with Gasteiger partial charge in [0.1, 0.15) is 11.9 Å². The fraction of sp³-hybridized carbons (Fsp3) is 0.312. The van der Waals surface area contributed by atoms with Gasteiger partial charge in [-0.2, -0.15) is 11.3 Å². The molecule has 1 aliphatic heterocycles. The first-order chi connectivity index (χ1) is 10.2. The van der Waals surface area contributed by atoms with E-state index in [2.05, 4.69) is 5.38 Å². The predicted molar refractivity (Wildman–Crippen MR) is 81.4 cm³/mol. The number of ether oxygens (including phenoxy) is 1. The highest BCUT2D eigenvalue weighted by Crippen LogP contribution is 2.24. The quantitative estimate of drug-likeness (QED) is 0.948. The molecular formula is C16H17NO3S. The fourth-order valence-corrected chi connectivity index (χ4v) is 3.19. The topological polar surface area (TPSA) is 49.8 Å². The molecule has 3 rings (SSSR count). The van der Waals surface area contributed by atoms with Crippen LogP contribution in [0.4, 0.5) is 0 Å². The number of amides is 1. The van der Waals surface area contributed by atoms with Crippen molar-refractivity contribution in [1.82, 2.24) is 4.90 Å². The lowest BCUT2D eigenvalue weighted by Crippen LogP contribution is -2.42. The van der Waals surface area contributed by atoms with Crippen molar-refractivity contribution in [2.24, 2.45) is 0 Å². The Balaban J connectivity index is 1.64. The Morgan fingerprint density at radius 1 is 1.43 bits per heavy atom. The molecule has 0 saturated carbocycles. The monoisotopic (exact) mass is 303 g/mol. The van der Waals surface area contributed by atoms with Crippen LogP contribution in [0.15, 0.2) is 41.1 Å². The number of hydrogen-bond donors (Lipinski definition) is 1. The number of carbonyl (C=O) groups excluding carboxylic acids is 1. The van der Waals surface area contributed by atoms with E-state index in [0.717, 1.165) is 11.1 Å². The van der Waals surface area contributed by atoms with Crippen LogP contribution in [-0.2, 0) is 16.0 Å². The molecule has 1 saturated heterocycles. The van der Waals surface area contributed by atoms with Gasteiger partial charge < -0.3 is 14.7 Å². The Morgan fingerprint density at radius 2 is 2.33 bits per heavy atom. The summed E-state index contributed by atoms with van der Waals surface area (Å²) in [5, 5.41) is 13.5. The molecule has 0 unspecified atom stereocenters. The maximum Gasteiger partial charge on any atom is 0.227 e. The number of aromatic hydroxyl groups is 1. The second kappa shape index (κ2) is 6.28. The van der Waals surface area contributed by atoms with Gasteiger partial charge in [-0.15, -0.1) is 0 Å². The van der Waals surface area contributed by atoms with E-state index in [1.54, 1.807) is 29.5 Å².